The molecule has 0 spiro atoms. The summed E-state index contributed by atoms with van der Waals surface area (Å²) in [5.41, 5.74) is 0.119. The zero-order chi connectivity index (χ0) is 11.9. The monoisotopic (exact) mass is 307 g/mol. The first-order valence-corrected chi connectivity index (χ1v) is 7.31. The largest absolute Gasteiger partial charge is 0.477 e. The van der Waals surface area contributed by atoms with Gasteiger partial charge in [0, 0.05) is 16.7 Å². The van der Waals surface area contributed by atoms with E-state index in [0.717, 1.165) is 0 Å². The third-order valence-electron chi connectivity index (χ3n) is 2.64. The summed E-state index contributed by atoms with van der Waals surface area (Å²) in [5, 5.41) is 8.98. The topological polar surface area (TPSA) is 76.4 Å². The molecule has 1 aromatic heterocycles. The molecule has 1 saturated heterocycles. The summed E-state index contributed by atoms with van der Waals surface area (Å²) in [5.74, 6) is -0.893. The molecule has 0 aliphatic carbocycles. The lowest BCUT2D eigenvalue weighted by atomic mass is 10.2. The number of halogens is 1. The fourth-order valence-corrected chi connectivity index (χ4v) is 4.06. The van der Waals surface area contributed by atoms with Crippen LogP contribution in [0.2, 0.25) is 0 Å². The number of hydrogen-bond acceptors (Lipinski definition) is 3. The van der Waals surface area contributed by atoms with Gasteiger partial charge in [0.1, 0.15) is 5.69 Å². The molecule has 1 unspecified atom stereocenters. The molecule has 1 fully saturated rings. The van der Waals surface area contributed by atoms with Crippen LogP contribution in [0.25, 0.3) is 0 Å². The van der Waals surface area contributed by atoms with Crippen LogP contribution >= 0.6 is 15.9 Å². The average Bonchev–Trinajstić information content (AvgIpc) is 2.68. The SMILES string of the molecule is O=C(O)c1cc(Br)cn1C1CCS(=O)(=O)C1. The molecule has 0 radical (unpaired) electrons. The third kappa shape index (κ3) is 2.15. The van der Waals surface area contributed by atoms with Gasteiger partial charge < -0.3 is 9.67 Å². The second kappa shape index (κ2) is 3.89. The van der Waals surface area contributed by atoms with Crippen molar-refractivity contribution in [3.8, 4) is 0 Å². The molecule has 1 atom stereocenters. The van der Waals surface area contributed by atoms with Crippen molar-refractivity contribution in [2.45, 2.75) is 12.5 Å². The Morgan fingerprint density at radius 3 is 2.75 bits per heavy atom. The molecule has 1 aromatic rings. The third-order valence-corrected chi connectivity index (χ3v) is 4.82. The van der Waals surface area contributed by atoms with Gasteiger partial charge in [0.25, 0.3) is 0 Å². The molecule has 2 heterocycles. The molecule has 1 aliphatic rings. The van der Waals surface area contributed by atoms with Gasteiger partial charge in [0.2, 0.25) is 0 Å². The Labute approximate surface area is 101 Å². The zero-order valence-corrected chi connectivity index (χ0v) is 10.7. The Hall–Kier alpha value is -0.820. The van der Waals surface area contributed by atoms with Crippen LogP contribution in [0.3, 0.4) is 0 Å². The first-order valence-electron chi connectivity index (χ1n) is 4.70. The number of aromatic nitrogens is 1. The number of rotatable bonds is 2. The minimum absolute atomic E-state index is 0.0222. The number of carboxylic acids is 1. The highest BCUT2D eigenvalue weighted by Gasteiger charge is 2.31. The minimum Gasteiger partial charge on any atom is -0.477 e. The van der Waals surface area contributed by atoms with Crippen LogP contribution in [0.4, 0.5) is 0 Å². The molecule has 7 heteroatoms. The van der Waals surface area contributed by atoms with E-state index in [1.165, 1.54) is 10.6 Å². The van der Waals surface area contributed by atoms with Crippen molar-refractivity contribution in [1.82, 2.24) is 4.57 Å². The summed E-state index contributed by atoms with van der Waals surface area (Å²) in [7, 11) is -3.01. The average molecular weight is 308 g/mol. The van der Waals surface area contributed by atoms with Crippen molar-refractivity contribution in [1.29, 1.82) is 0 Å². The highest BCUT2D eigenvalue weighted by Crippen LogP contribution is 2.28. The van der Waals surface area contributed by atoms with E-state index in [-0.39, 0.29) is 23.2 Å². The lowest BCUT2D eigenvalue weighted by Gasteiger charge is -2.12. The first-order chi connectivity index (χ1) is 7.39. The summed E-state index contributed by atoms with van der Waals surface area (Å²) in [6, 6.07) is 1.22. The van der Waals surface area contributed by atoms with E-state index in [1.807, 2.05) is 0 Å². The quantitative estimate of drug-likeness (QED) is 0.893. The molecule has 88 valence electrons. The van der Waals surface area contributed by atoms with Crippen LogP contribution in [0.5, 0.6) is 0 Å². The Bertz CT molecular complexity index is 534. The predicted molar refractivity (Wildman–Crippen MR) is 61.4 cm³/mol. The number of nitrogens with zero attached hydrogens (tertiary/aromatic N) is 1. The van der Waals surface area contributed by atoms with Crippen molar-refractivity contribution in [2.24, 2.45) is 0 Å². The van der Waals surface area contributed by atoms with Crippen LogP contribution in [0.1, 0.15) is 23.0 Å². The summed E-state index contributed by atoms with van der Waals surface area (Å²) >= 11 is 3.19. The molecule has 1 N–H and O–H groups in total. The fraction of sp³-hybridized carbons (Fsp3) is 0.444. The van der Waals surface area contributed by atoms with Gasteiger partial charge in [-0.15, -0.1) is 0 Å². The number of aromatic carboxylic acids is 1. The molecule has 0 saturated carbocycles. The van der Waals surface area contributed by atoms with Crippen LogP contribution < -0.4 is 0 Å². The van der Waals surface area contributed by atoms with E-state index < -0.39 is 15.8 Å². The van der Waals surface area contributed by atoms with E-state index in [9.17, 15) is 13.2 Å². The molecule has 0 amide bonds. The Morgan fingerprint density at radius 2 is 2.25 bits per heavy atom. The van der Waals surface area contributed by atoms with E-state index in [2.05, 4.69) is 15.9 Å². The molecule has 0 bridgehead atoms. The van der Waals surface area contributed by atoms with Crippen molar-refractivity contribution in [3.63, 3.8) is 0 Å². The van der Waals surface area contributed by atoms with Gasteiger partial charge in [-0.25, -0.2) is 13.2 Å². The van der Waals surface area contributed by atoms with E-state index in [4.69, 9.17) is 5.11 Å². The Balaban J connectivity index is 2.38. The van der Waals surface area contributed by atoms with E-state index >= 15 is 0 Å². The van der Waals surface area contributed by atoms with Gasteiger partial charge in [0.15, 0.2) is 9.84 Å². The van der Waals surface area contributed by atoms with Crippen molar-refractivity contribution in [3.05, 3.63) is 22.4 Å². The van der Waals surface area contributed by atoms with Crippen LogP contribution in [-0.2, 0) is 9.84 Å². The fourth-order valence-electron chi connectivity index (χ4n) is 1.91. The normalized spacial score (nSPS) is 23.4. The molecule has 2 rings (SSSR count). The lowest BCUT2D eigenvalue weighted by Crippen LogP contribution is -2.15. The smallest absolute Gasteiger partial charge is 0.352 e. The van der Waals surface area contributed by atoms with E-state index in [0.29, 0.717) is 10.9 Å². The van der Waals surface area contributed by atoms with E-state index in [1.54, 1.807) is 6.20 Å². The molecule has 5 nitrogen and oxygen atoms in total. The Morgan fingerprint density at radius 1 is 1.56 bits per heavy atom. The molecular weight excluding hydrogens is 298 g/mol. The predicted octanol–water partition coefficient (Wildman–Crippen LogP) is 1.31. The molecule has 1 aliphatic heterocycles. The summed E-state index contributed by atoms with van der Waals surface area (Å²) in [6.07, 6.45) is 2.10. The van der Waals surface area contributed by atoms with Crippen LogP contribution in [0, 0.1) is 0 Å². The first kappa shape index (κ1) is 11.7. The van der Waals surface area contributed by atoms with Crippen LogP contribution in [-0.4, -0.2) is 35.6 Å². The van der Waals surface area contributed by atoms with Crippen LogP contribution in [0.15, 0.2) is 16.7 Å². The standard InChI is InChI=1S/C9H10BrNO4S/c10-6-3-8(9(12)13)11(4-6)7-1-2-16(14,15)5-7/h3-4,7H,1-2,5H2,(H,12,13). The van der Waals surface area contributed by atoms with Gasteiger partial charge in [-0.05, 0) is 28.4 Å². The maximum atomic E-state index is 11.3. The Kier molecular flexibility index (Phi) is 2.83. The van der Waals surface area contributed by atoms with Gasteiger partial charge in [-0.1, -0.05) is 0 Å². The van der Waals surface area contributed by atoms with Crippen molar-refractivity contribution in [2.75, 3.05) is 11.5 Å². The number of carbonyl (C=O) groups is 1. The number of sulfone groups is 1. The lowest BCUT2D eigenvalue weighted by molar-refractivity contribution is 0.0683. The summed E-state index contributed by atoms with van der Waals surface area (Å²) in [6.45, 7) is 0. The second-order valence-corrected chi connectivity index (χ2v) is 6.96. The maximum absolute atomic E-state index is 11.3. The van der Waals surface area contributed by atoms with Gasteiger partial charge in [-0.3, -0.25) is 0 Å². The minimum atomic E-state index is -3.01. The summed E-state index contributed by atoms with van der Waals surface area (Å²) in [4.78, 5) is 11.0. The zero-order valence-electron chi connectivity index (χ0n) is 8.26. The maximum Gasteiger partial charge on any atom is 0.352 e. The number of hydrogen-bond donors (Lipinski definition) is 1. The highest BCUT2D eigenvalue weighted by molar-refractivity contribution is 9.10. The van der Waals surface area contributed by atoms with Crippen molar-refractivity contribution >= 4 is 31.7 Å². The molecule has 0 aromatic carbocycles. The second-order valence-electron chi connectivity index (χ2n) is 3.81. The van der Waals surface area contributed by atoms with Gasteiger partial charge in [-0.2, -0.15) is 0 Å². The highest BCUT2D eigenvalue weighted by atomic mass is 79.9. The van der Waals surface area contributed by atoms with Gasteiger partial charge >= 0.3 is 5.97 Å². The molecule has 16 heavy (non-hydrogen) atoms. The number of carboxylic acid groups (broad SMARTS) is 1. The van der Waals surface area contributed by atoms with Crippen molar-refractivity contribution < 1.29 is 18.3 Å². The van der Waals surface area contributed by atoms with Gasteiger partial charge in [0.05, 0.1) is 11.5 Å². The molecular formula is C9H10BrNO4S. The summed E-state index contributed by atoms with van der Waals surface area (Å²) < 4.78 is 24.8.